The molecule has 2 fully saturated rings. The SMILES string of the molecule is CSC1CCCCC1NC(=O)C1CC(C)CCN1. The van der Waals surface area contributed by atoms with Gasteiger partial charge in [-0.05, 0) is 44.4 Å². The third-order valence-electron chi connectivity index (χ3n) is 4.32. The number of nitrogens with one attached hydrogen (secondary N) is 2. The molecule has 0 spiro atoms. The summed E-state index contributed by atoms with van der Waals surface area (Å²) in [4.78, 5) is 12.3. The van der Waals surface area contributed by atoms with Gasteiger partial charge < -0.3 is 10.6 Å². The van der Waals surface area contributed by atoms with Crippen LogP contribution in [0.2, 0.25) is 0 Å². The molecule has 4 heteroatoms. The van der Waals surface area contributed by atoms with Crippen molar-refractivity contribution in [1.29, 1.82) is 0 Å². The van der Waals surface area contributed by atoms with Gasteiger partial charge in [0.2, 0.25) is 5.91 Å². The number of amides is 1. The summed E-state index contributed by atoms with van der Waals surface area (Å²) in [5.74, 6) is 0.900. The molecular weight excluding hydrogens is 244 g/mol. The minimum Gasteiger partial charge on any atom is -0.351 e. The highest BCUT2D eigenvalue weighted by Gasteiger charge is 2.30. The Morgan fingerprint density at radius 3 is 2.78 bits per heavy atom. The van der Waals surface area contributed by atoms with Crippen molar-refractivity contribution in [2.24, 2.45) is 5.92 Å². The van der Waals surface area contributed by atoms with Crippen molar-refractivity contribution in [3.63, 3.8) is 0 Å². The zero-order valence-corrected chi connectivity index (χ0v) is 12.4. The van der Waals surface area contributed by atoms with E-state index in [9.17, 15) is 4.79 Å². The number of carbonyl (C=O) groups is 1. The van der Waals surface area contributed by atoms with Crippen molar-refractivity contribution in [3.05, 3.63) is 0 Å². The Bertz CT molecular complexity index is 285. The molecule has 1 amide bonds. The molecular formula is C14H26N2OS. The molecule has 1 aliphatic heterocycles. The lowest BCUT2D eigenvalue weighted by Crippen LogP contribution is -2.53. The van der Waals surface area contributed by atoms with Gasteiger partial charge in [0, 0.05) is 11.3 Å². The maximum absolute atomic E-state index is 12.3. The minimum absolute atomic E-state index is 0.0400. The molecule has 18 heavy (non-hydrogen) atoms. The van der Waals surface area contributed by atoms with Gasteiger partial charge >= 0.3 is 0 Å². The van der Waals surface area contributed by atoms with Gasteiger partial charge in [-0.25, -0.2) is 0 Å². The number of carbonyl (C=O) groups excluding carboxylic acids is 1. The fourth-order valence-corrected chi connectivity index (χ4v) is 4.07. The van der Waals surface area contributed by atoms with Crippen molar-refractivity contribution in [3.8, 4) is 0 Å². The van der Waals surface area contributed by atoms with Crippen LogP contribution in [-0.2, 0) is 4.79 Å². The highest BCUT2D eigenvalue weighted by atomic mass is 32.2. The molecule has 2 N–H and O–H groups in total. The normalized spacial score (nSPS) is 37.2. The van der Waals surface area contributed by atoms with E-state index >= 15 is 0 Å². The van der Waals surface area contributed by atoms with Gasteiger partial charge in [-0.1, -0.05) is 19.8 Å². The first kappa shape index (κ1) is 14.2. The zero-order valence-electron chi connectivity index (χ0n) is 11.6. The van der Waals surface area contributed by atoms with Crippen molar-refractivity contribution >= 4 is 17.7 Å². The van der Waals surface area contributed by atoms with Crippen LogP contribution in [0, 0.1) is 5.92 Å². The molecule has 2 aliphatic rings. The van der Waals surface area contributed by atoms with Crippen LogP contribution in [0.3, 0.4) is 0 Å². The Balaban J connectivity index is 1.85. The molecule has 1 saturated carbocycles. The van der Waals surface area contributed by atoms with E-state index in [1.807, 2.05) is 11.8 Å². The summed E-state index contributed by atoms with van der Waals surface area (Å²) in [5, 5.41) is 7.26. The molecule has 3 nitrogen and oxygen atoms in total. The average Bonchev–Trinajstić information content (AvgIpc) is 2.39. The summed E-state index contributed by atoms with van der Waals surface area (Å²) in [6.45, 7) is 3.22. The monoisotopic (exact) mass is 270 g/mol. The van der Waals surface area contributed by atoms with E-state index in [1.54, 1.807) is 0 Å². The van der Waals surface area contributed by atoms with E-state index < -0.39 is 0 Å². The molecule has 4 unspecified atom stereocenters. The lowest BCUT2D eigenvalue weighted by Gasteiger charge is -2.34. The molecule has 2 rings (SSSR count). The Labute approximate surface area is 115 Å². The van der Waals surface area contributed by atoms with Gasteiger partial charge in [0.05, 0.1) is 6.04 Å². The summed E-state index contributed by atoms with van der Waals surface area (Å²) < 4.78 is 0. The molecule has 4 atom stereocenters. The van der Waals surface area contributed by atoms with Crippen LogP contribution in [0.25, 0.3) is 0 Å². The smallest absolute Gasteiger partial charge is 0.237 e. The van der Waals surface area contributed by atoms with Crippen LogP contribution < -0.4 is 10.6 Å². The van der Waals surface area contributed by atoms with Gasteiger partial charge in [0.15, 0.2) is 0 Å². The predicted octanol–water partition coefficient (Wildman–Crippen LogP) is 2.16. The molecule has 1 aliphatic carbocycles. The summed E-state index contributed by atoms with van der Waals surface area (Å²) in [5.41, 5.74) is 0. The van der Waals surface area contributed by atoms with E-state index in [0.717, 1.165) is 19.4 Å². The van der Waals surface area contributed by atoms with Crippen LogP contribution in [-0.4, -0.2) is 36.0 Å². The van der Waals surface area contributed by atoms with Crippen molar-refractivity contribution < 1.29 is 4.79 Å². The average molecular weight is 270 g/mol. The molecule has 0 aromatic carbocycles. The van der Waals surface area contributed by atoms with E-state index in [-0.39, 0.29) is 11.9 Å². The lowest BCUT2D eigenvalue weighted by atomic mass is 9.92. The number of hydrogen-bond donors (Lipinski definition) is 2. The van der Waals surface area contributed by atoms with Crippen molar-refractivity contribution in [1.82, 2.24) is 10.6 Å². The van der Waals surface area contributed by atoms with Crippen LogP contribution in [0.4, 0.5) is 0 Å². The standard InChI is InChI=1S/C14H26N2OS/c1-10-7-8-15-12(9-10)14(17)16-11-5-3-4-6-13(11)18-2/h10-13,15H,3-9H2,1-2H3,(H,16,17). The highest BCUT2D eigenvalue weighted by Crippen LogP contribution is 2.27. The predicted molar refractivity (Wildman–Crippen MR) is 77.9 cm³/mol. The second-order valence-electron chi connectivity index (χ2n) is 5.81. The minimum atomic E-state index is 0.0400. The van der Waals surface area contributed by atoms with E-state index in [0.29, 0.717) is 17.2 Å². The van der Waals surface area contributed by atoms with Gasteiger partial charge in [-0.2, -0.15) is 11.8 Å². The van der Waals surface area contributed by atoms with Gasteiger partial charge in [0.1, 0.15) is 0 Å². The van der Waals surface area contributed by atoms with Crippen LogP contribution >= 0.6 is 11.8 Å². The van der Waals surface area contributed by atoms with Crippen LogP contribution in [0.15, 0.2) is 0 Å². The van der Waals surface area contributed by atoms with E-state index in [1.165, 1.54) is 25.7 Å². The van der Waals surface area contributed by atoms with Crippen molar-refractivity contribution in [2.75, 3.05) is 12.8 Å². The first-order valence-electron chi connectivity index (χ1n) is 7.27. The van der Waals surface area contributed by atoms with Crippen molar-refractivity contribution in [2.45, 2.75) is 62.8 Å². The fourth-order valence-electron chi connectivity index (χ4n) is 3.13. The number of hydrogen-bond acceptors (Lipinski definition) is 3. The fraction of sp³-hybridized carbons (Fsp3) is 0.929. The quantitative estimate of drug-likeness (QED) is 0.826. The van der Waals surface area contributed by atoms with Gasteiger partial charge in [-0.15, -0.1) is 0 Å². The number of rotatable bonds is 3. The molecule has 0 aromatic rings. The molecule has 0 aromatic heterocycles. The maximum Gasteiger partial charge on any atom is 0.237 e. The second-order valence-corrected chi connectivity index (χ2v) is 6.89. The molecule has 1 saturated heterocycles. The third-order valence-corrected chi connectivity index (χ3v) is 5.49. The topological polar surface area (TPSA) is 41.1 Å². The summed E-state index contributed by atoms with van der Waals surface area (Å²) in [7, 11) is 0. The Hall–Kier alpha value is -0.220. The molecule has 0 radical (unpaired) electrons. The lowest BCUT2D eigenvalue weighted by molar-refractivity contribution is -0.124. The maximum atomic E-state index is 12.3. The molecule has 1 heterocycles. The largest absolute Gasteiger partial charge is 0.351 e. The highest BCUT2D eigenvalue weighted by molar-refractivity contribution is 7.99. The Morgan fingerprint density at radius 1 is 1.28 bits per heavy atom. The summed E-state index contributed by atoms with van der Waals surface area (Å²) in [6.07, 6.45) is 9.33. The first-order valence-corrected chi connectivity index (χ1v) is 8.56. The number of piperidine rings is 1. The second kappa shape index (κ2) is 6.80. The molecule has 104 valence electrons. The van der Waals surface area contributed by atoms with E-state index in [2.05, 4.69) is 23.8 Å². The van der Waals surface area contributed by atoms with Crippen LogP contribution in [0.1, 0.15) is 45.4 Å². The third kappa shape index (κ3) is 3.64. The summed E-state index contributed by atoms with van der Waals surface area (Å²) >= 11 is 1.91. The Kier molecular flexibility index (Phi) is 5.37. The molecule has 0 bridgehead atoms. The van der Waals surface area contributed by atoms with Gasteiger partial charge in [-0.3, -0.25) is 4.79 Å². The number of thioether (sulfide) groups is 1. The summed E-state index contributed by atoms with van der Waals surface area (Å²) in [6, 6.07) is 0.429. The van der Waals surface area contributed by atoms with Crippen LogP contribution in [0.5, 0.6) is 0 Å². The van der Waals surface area contributed by atoms with Gasteiger partial charge in [0.25, 0.3) is 0 Å². The Morgan fingerprint density at radius 2 is 2.06 bits per heavy atom. The first-order chi connectivity index (χ1) is 8.70. The van der Waals surface area contributed by atoms with E-state index in [4.69, 9.17) is 0 Å². The zero-order chi connectivity index (χ0) is 13.0.